The zero-order chi connectivity index (χ0) is 12.8. The van der Waals surface area contributed by atoms with Gasteiger partial charge in [0.1, 0.15) is 0 Å². The molecule has 1 aromatic carbocycles. The topological polar surface area (TPSA) is 38.0 Å². The van der Waals surface area contributed by atoms with Crippen molar-refractivity contribution in [3.8, 4) is 0 Å². The van der Waals surface area contributed by atoms with Crippen LogP contribution in [0, 0.1) is 18.6 Å². The van der Waals surface area contributed by atoms with Crippen LogP contribution in [0.3, 0.4) is 0 Å². The van der Waals surface area contributed by atoms with Gasteiger partial charge in [-0.05, 0) is 18.9 Å². The summed E-state index contributed by atoms with van der Waals surface area (Å²) in [6.07, 6.45) is 3.81. The quantitative estimate of drug-likeness (QED) is 0.456. The van der Waals surface area contributed by atoms with Gasteiger partial charge in [-0.25, -0.2) is 8.78 Å². The number of nitrogens with two attached hydrogens (primary N) is 1. The maximum Gasteiger partial charge on any atom is 0.163 e. The van der Waals surface area contributed by atoms with Crippen LogP contribution in [0.2, 0.25) is 0 Å². The van der Waals surface area contributed by atoms with E-state index in [4.69, 9.17) is 5.84 Å². The first-order valence-corrected chi connectivity index (χ1v) is 6.02. The molecule has 1 rings (SSSR count). The van der Waals surface area contributed by atoms with Crippen molar-refractivity contribution in [2.75, 3.05) is 0 Å². The molecule has 1 aromatic rings. The lowest BCUT2D eigenvalue weighted by Gasteiger charge is -2.17. The molecule has 17 heavy (non-hydrogen) atoms. The zero-order valence-electron chi connectivity index (χ0n) is 10.4. The molecule has 0 aliphatic rings. The fourth-order valence-electron chi connectivity index (χ4n) is 1.86. The van der Waals surface area contributed by atoms with E-state index in [1.54, 1.807) is 19.1 Å². The van der Waals surface area contributed by atoms with E-state index in [-0.39, 0.29) is 6.04 Å². The lowest BCUT2D eigenvalue weighted by atomic mass is 9.99. The molecule has 0 bridgehead atoms. The first-order valence-electron chi connectivity index (χ1n) is 6.02. The Labute approximate surface area is 101 Å². The summed E-state index contributed by atoms with van der Waals surface area (Å²) in [7, 11) is 0. The number of hydrogen-bond donors (Lipinski definition) is 2. The second-order valence-corrected chi connectivity index (χ2v) is 4.31. The van der Waals surface area contributed by atoms with E-state index in [1.807, 2.05) is 0 Å². The van der Waals surface area contributed by atoms with Crippen LogP contribution < -0.4 is 11.3 Å². The normalized spacial score (nSPS) is 12.8. The highest BCUT2D eigenvalue weighted by molar-refractivity contribution is 5.27. The third-order valence-electron chi connectivity index (χ3n) is 2.98. The van der Waals surface area contributed by atoms with Gasteiger partial charge in [-0.2, -0.15) is 0 Å². The van der Waals surface area contributed by atoms with Crippen molar-refractivity contribution < 1.29 is 8.78 Å². The van der Waals surface area contributed by atoms with Crippen molar-refractivity contribution in [2.45, 2.75) is 45.6 Å². The number of rotatable bonds is 6. The highest BCUT2D eigenvalue weighted by Gasteiger charge is 2.18. The number of hydrazine groups is 1. The molecular formula is C13H20F2N2. The zero-order valence-corrected chi connectivity index (χ0v) is 10.4. The average Bonchev–Trinajstić information content (AvgIpc) is 2.33. The fourth-order valence-corrected chi connectivity index (χ4v) is 1.86. The maximum atomic E-state index is 13.7. The predicted octanol–water partition coefficient (Wildman–Crippen LogP) is 3.36. The van der Waals surface area contributed by atoms with Crippen molar-refractivity contribution in [3.63, 3.8) is 0 Å². The third kappa shape index (κ3) is 3.48. The summed E-state index contributed by atoms with van der Waals surface area (Å²) in [5, 5.41) is 0. The van der Waals surface area contributed by atoms with Gasteiger partial charge in [-0.15, -0.1) is 0 Å². The molecule has 0 saturated carbocycles. The molecule has 0 fully saturated rings. The Kier molecular flexibility index (Phi) is 5.51. The Morgan fingerprint density at radius 1 is 1.24 bits per heavy atom. The summed E-state index contributed by atoms with van der Waals surface area (Å²) in [6, 6.07) is 2.86. The Bertz CT molecular complexity index is 367. The van der Waals surface area contributed by atoms with Gasteiger partial charge in [0.15, 0.2) is 11.6 Å². The van der Waals surface area contributed by atoms with Crippen LogP contribution >= 0.6 is 0 Å². The minimum absolute atomic E-state index is 0.312. The van der Waals surface area contributed by atoms with Gasteiger partial charge < -0.3 is 0 Å². The van der Waals surface area contributed by atoms with E-state index in [0.717, 1.165) is 19.3 Å². The Balaban J connectivity index is 2.85. The molecule has 3 N–H and O–H groups in total. The third-order valence-corrected chi connectivity index (χ3v) is 2.98. The number of nitrogens with one attached hydrogen (secondary N) is 1. The summed E-state index contributed by atoms with van der Waals surface area (Å²) < 4.78 is 27.2. The number of hydrogen-bond acceptors (Lipinski definition) is 2. The Morgan fingerprint density at radius 2 is 1.94 bits per heavy atom. The summed E-state index contributed by atoms with van der Waals surface area (Å²) in [6.45, 7) is 3.64. The van der Waals surface area contributed by atoms with Gasteiger partial charge in [-0.3, -0.25) is 11.3 Å². The molecule has 96 valence electrons. The molecule has 0 aromatic heterocycles. The largest absolute Gasteiger partial charge is 0.271 e. The van der Waals surface area contributed by atoms with Crippen LogP contribution in [0.5, 0.6) is 0 Å². The van der Waals surface area contributed by atoms with Crippen molar-refractivity contribution in [1.29, 1.82) is 0 Å². The first kappa shape index (κ1) is 14.1. The van der Waals surface area contributed by atoms with E-state index in [0.29, 0.717) is 17.5 Å². The van der Waals surface area contributed by atoms with Crippen molar-refractivity contribution in [2.24, 2.45) is 5.84 Å². The van der Waals surface area contributed by atoms with Crippen LogP contribution in [0.4, 0.5) is 8.78 Å². The van der Waals surface area contributed by atoms with Gasteiger partial charge in [0.05, 0.1) is 0 Å². The first-order chi connectivity index (χ1) is 8.11. The van der Waals surface area contributed by atoms with E-state index >= 15 is 0 Å². The predicted molar refractivity (Wildman–Crippen MR) is 65.3 cm³/mol. The highest BCUT2D eigenvalue weighted by atomic mass is 19.2. The van der Waals surface area contributed by atoms with Gasteiger partial charge in [0, 0.05) is 11.6 Å². The molecule has 4 heteroatoms. The van der Waals surface area contributed by atoms with Crippen LogP contribution in [0.1, 0.15) is 49.8 Å². The summed E-state index contributed by atoms with van der Waals surface area (Å²) in [5.74, 6) is 3.84. The highest BCUT2D eigenvalue weighted by Crippen LogP contribution is 2.25. The molecule has 0 saturated heterocycles. The molecular weight excluding hydrogens is 222 g/mol. The van der Waals surface area contributed by atoms with Crippen LogP contribution in [0.25, 0.3) is 0 Å². The molecule has 0 amide bonds. The van der Waals surface area contributed by atoms with Crippen LogP contribution in [-0.2, 0) is 0 Å². The molecule has 0 heterocycles. The summed E-state index contributed by atoms with van der Waals surface area (Å²) in [5.41, 5.74) is 3.19. The minimum atomic E-state index is -0.788. The summed E-state index contributed by atoms with van der Waals surface area (Å²) in [4.78, 5) is 0. The van der Waals surface area contributed by atoms with E-state index < -0.39 is 11.6 Å². The van der Waals surface area contributed by atoms with Crippen LogP contribution in [-0.4, -0.2) is 0 Å². The van der Waals surface area contributed by atoms with Gasteiger partial charge >= 0.3 is 0 Å². The second-order valence-electron chi connectivity index (χ2n) is 4.31. The smallest absolute Gasteiger partial charge is 0.163 e. The SMILES string of the molecule is CCCCCC(NN)c1ccc(C)c(F)c1F. The molecule has 0 aliphatic heterocycles. The number of unbranched alkanes of at least 4 members (excludes halogenated alkanes) is 2. The number of benzene rings is 1. The van der Waals surface area contributed by atoms with E-state index in [1.165, 1.54) is 0 Å². The average molecular weight is 242 g/mol. The molecule has 1 unspecified atom stereocenters. The molecule has 2 nitrogen and oxygen atoms in total. The number of halogens is 2. The minimum Gasteiger partial charge on any atom is -0.271 e. The van der Waals surface area contributed by atoms with Gasteiger partial charge in [0.25, 0.3) is 0 Å². The lowest BCUT2D eigenvalue weighted by Crippen LogP contribution is -2.29. The maximum absolute atomic E-state index is 13.7. The van der Waals surface area contributed by atoms with Crippen molar-refractivity contribution >= 4 is 0 Å². The summed E-state index contributed by atoms with van der Waals surface area (Å²) >= 11 is 0. The van der Waals surface area contributed by atoms with E-state index in [9.17, 15) is 8.78 Å². The van der Waals surface area contributed by atoms with Crippen molar-refractivity contribution in [1.82, 2.24) is 5.43 Å². The van der Waals surface area contributed by atoms with E-state index in [2.05, 4.69) is 12.3 Å². The Hall–Kier alpha value is -1.00. The molecule has 0 spiro atoms. The molecule has 1 atom stereocenters. The molecule has 0 radical (unpaired) electrons. The Morgan fingerprint density at radius 3 is 2.53 bits per heavy atom. The molecule has 0 aliphatic carbocycles. The van der Waals surface area contributed by atoms with Gasteiger partial charge in [0.2, 0.25) is 0 Å². The second kappa shape index (κ2) is 6.67. The van der Waals surface area contributed by atoms with Crippen LogP contribution in [0.15, 0.2) is 12.1 Å². The standard InChI is InChI=1S/C13H20F2N2/c1-3-4-5-6-11(17-16)10-8-7-9(2)12(14)13(10)15/h7-8,11,17H,3-6,16H2,1-2H3. The number of aryl methyl sites for hydroxylation is 1. The monoisotopic (exact) mass is 242 g/mol. The fraction of sp³-hybridized carbons (Fsp3) is 0.538. The van der Waals surface area contributed by atoms with Gasteiger partial charge in [-0.1, -0.05) is 38.3 Å². The lowest BCUT2D eigenvalue weighted by molar-refractivity contribution is 0.438. The van der Waals surface area contributed by atoms with Crippen molar-refractivity contribution in [3.05, 3.63) is 34.9 Å².